The molecule has 0 saturated heterocycles. The van der Waals surface area contributed by atoms with Crippen molar-refractivity contribution in [3.05, 3.63) is 80.4 Å². The van der Waals surface area contributed by atoms with Crippen molar-refractivity contribution in [1.82, 2.24) is 14.8 Å². The Hall–Kier alpha value is -2.57. The maximum atomic E-state index is 12.1. The predicted octanol–water partition coefficient (Wildman–Crippen LogP) is 5.12. The van der Waals surface area contributed by atoms with Gasteiger partial charge in [-0.3, -0.25) is 4.57 Å². The zero-order valence-electron chi connectivity index (χ0n) is 15.8. The number of fused-ring (bicyclic) bond motifs is 2. The summed E-state index contributed by atoms with van der Waals surface area (Å²) in [7, 11) is 0. The van der Waals surface area contributed by atoms with E-state index < -0.39 is 0 Å². The monoisotopic (exact) mass is 423 g/mol. The van der Waals surface area contributed by atoms with E-state index >= 15 is 0 Å². The van der Waals surface area contributed by atoms with Crippen LogP contribution in [0.25, 0.3) is 16.7 Å². The maximum Gasteiger partial charge on any atom is 0.336 e. The van der Waals surface area contributed by atoms with Crippen LogP contribution in [-0.4, -0.2) is 14.8 Å². The van der Waals surface area contributed by atoms with Gasteiger partial charge in [0.1, 0.15) is 11.9 Å². The van der Waals surface area contributed by atoms with E-state index in [2.05, 4.69) is 16.3 Å². The summed E-state index contributed by atoms with van der Waals surface area (Å²) < 4.78 is 7.37. The van der Waals surface area contributed by atoms with Crippen LogP contribution in [0.1, 0.15) is 28.7 Å². The van der Waals surface area contributed by atoms with E-state index in [1.165, 1.54) is 22.9 Å². The Balaban J connectivity index is 1.48. The van der Waals surface area contributed by atoms with Gasteiger partial charge in [-0.2, -0.15) is 0 Å². The van der Waals surface area contributed by atoms with Gasteiger partial charge in [-0.25, -0.2) is 4.79 Å². The lowest BCUT2D eigenvalue weighted by Crippen LogP contribution is -2.01. The quantitative estimate of drug-likeness (QED) is 0.337. The minimum absolute atomic E-state index is 0.321. The molecule has 0 atom stereocenters. The highest BCUT2D eigenvalue weighted by Gasteiger charge is 2.16. The third-order valence-electron chi connectivity index (χ3n) is 5.35. The average Bonchev–Trinajstić information content (AvgIpc) is 3.35. The first-order valence-electron chi connectivity index (χ1n) is 9.46. The predicted molar refractivity (Wildman–Crippen MR) is 115 cm³/mol. The molecule has 0 saturated carbocycles. The highest BCUT2D eigenvalue weighted by atomic mass is 35.5. The number of nitrogens with zero attached hydrogens (tertiary/aromatic N) is 3. The molecule has 4 aromatic rings. The fourth-order valence-corrected chi connectivity index (χ4v) is 4.88. The van der Waals surface area contributed by atoms with Crippen molar-refractivity contribution in [3.63, 3.8) is 0 Å². The number of halogens is 1. The van der Waals surface area contributed by atoms with Gasteiger partial charge in [0.2, 0.25) is 0 Å². The van der Waals surface area contributed by atoms with E-state index in [-0.39, 0.29) is 5.63 Å². The minimum Gasteiger partial charge on any atom is -0.423 e. The first kappa shape index (κ1) is 18.5. The van der Waals surface area contributed by atoms with Crippen LogP contribution in [0.2, 0.25) is 5.02 Å². The molecule has 2 aromatic heterocycles. The normalized spacial score (nSPS) is 13.2. The van der Waals surface area contributed by atoms with Crippen LogP contribution >= 0.6 is 23.4 Å². The Morgan fingerprint density at radius 2 is 2.00 bits per heavy atom. The molecule has 2 aromatic carbocycles. The summed E-state index contributed by atoms with van der Waals surface area (Å²) in [4.78, 5) is 12.1. The highest BCUT2D eigenvalue weighted by Crippen LogP contribution is 2.31. The second kappa shape index (κ2) is 7.35. The van der Waals surface area contributed by atoms with Crippen molar-refractivity contribution < 1.29 is 4.42 Å². The largest absolute Gasteiger partial charge is 0.423 e. The van der Waals surface area contributed by atoms with E-state index in [4.69, 9.17) is 16.0 Å². The number of benzene rings is 2. The van der Waals surface area contributed by atoms with E-state index in [9.17, 15) is 4.79 Å². The van der Waals surface area contributed by atoms with Gasteiger partial charge in [0.15, 0.2) is 5.16 Å². The van der Waals surface area contributed by atoms with Gasteiger partial charge in [0, 0.05) is 22.2 Å². The molecule has 5 nitrogen and oxygen atoms in total. The Labute approximate surface area is 176 Å². The Bertz CT molecular complexity index is 1300. The number of rotatable bonds is 4. The molecular weight excluding hydrogens is 406 g/mol. The van der Waals surface area contributed by atoms with Crippen molar-refractivity contribution in [2.45, 2.75) is 37.1 Å². The SMILES string of the molecule is Cc1ccc(-n2cnnc2SCc2cc(=O)oc3cc4c(cc23)CCC4)cc1Cl. The Morgan fingerprint density at radius 1 is 1.17 bits per heavy atom. The van der Waals surface area contributed by atoms with Gasteiger partial charge >= 0.3 is 5.63 Å². The summed E-state index contributed by atoms with van der Waals surface area (Å²) in [5.74, 6) is 0.596. The molecule has 7 heteroatoms. The molecular formula is C22H18ClN3O2S. The van der Waals surface area contributed by atoms with E-state index in [0.717, 1.165) is 46.6 Å². The number of aryl methyl sites for hydroxylation is 3. The van der Waals surface area contributed by atoms with Crippen molar-refractivity contribution in [2.24, 2.45) is 0 Å². The first-order chi connectivity index (χ1) is 14.1. The van der Waals surface area contributed by atoms with E-state index in [1.807, 2.05) is 35.8 Å². The van der Waals surface area contributed by atoms with Crippen LogP contribution in [0.4, 0.5) is 0 Å². The standard InChI is InChI=1S/C22H18ClN3O2S/c1-13-5-6-17(10-19(13)23)26-12-24-25-22(26)29-11-16-9-21(27)28-20-8-15-4-2-3-14(15)7-18(16)20/h5-10,12H,2-4,11H2,1H3. The molecule has 0 bridgehead atoms. The lowest BCUT2D eigenvalue weighted by molar-refractivity contribution is 0.559. The smallest absolute Gasteiger partial charge is 0.336 e. The Morgan fingerprint density at radius 3 is 2.83 bits per heavy atom. The summed E-state index contributed by atoms with van der Waals surface area (Å²) in [5.41, 5.74) is 5.87. The summed E-state index contributed by atoms with van der Waals surface area (Å²) in [5, 5.41) is 10.8. The van der Waals surface area contributed by atoms with Gasteiger partial charge < -0.3 is 4.42 Å². The second-order valence-corrected chi connectivity index (χ2v) is 8.62. The summed E-state index contributed by atoms with van der Waals surface area (Å²) in [6.07, 6.45) is 4.96. The number of aromatic nitrogens is 3. The molecule has 1 aliphatic carbocycles. The zero-order chi connectivity index (χ0) is 20.0. The number of hydrogen-bond donors (Lipinski definition) is 0. The highest BCUT2D eigenvalue weighted by molar-refractivity contribution is 7.98. The van der Waals surface area contributed by atoms with E-state index in [1.54, 1.807) is 12.4 Å². The van der Waals surface area contributed by atoms with Crippen molar-refractivity contribution in [3.8, 4) is 5.69 Å². The fourth-order valence-electron chi connectivity index (χ4n) is 3.79. The molecule has 146 valence electrons. The van der Waals surface area contributed by atoms with Crippen LogP contribution in [0.3, 0.4) is 0 Å². The lowest BCUT2D eigenvalue weighted by Gasteiger charge is -2.10. The summed E-state index contributed by atoms with van der Waals surface area (Å²) in [6.45, 7) is 1.97. The molecule has 29 heavy (non-hydrogen) atoms. The maximum absolute atomic E-state index is 12.1. The fraction of sp³-hybridized carbons (Fsp3) is 0.227. The second-order valence-electron chi connectivity index (χ2n) is 7.27. The van der Waals surface area contributed by atoms with Gasteiger partial charge in [-0.1, -0.05) is 29.4 Å². The van der Waals surface area contributed by atoms with Gasteiger partial charge in [-0.05, 0) is 72.7 Å². The van der Waals surface area contributed by atoms with Crippen molar-refractivity contribution in [2.75, 3.05) is 0 Å². The van der Waals surface area contributed by atoms with Gasteiger partial charge in [0.05, 0.1) is 5.69 Å². The molecule has 0 radical (unpaired) electrons. The van der Waals surface area contributed by atoms with Crippen LogP contribution in [-0.2, 0) is 18.6 Å². The molecule has 0 unspecified atom stereocenters. The molecule has 0 spiro atoms. The lowest BCUT2D eigenvalue weighted by atomic mass is 10.0. The van der Waals surface area contributed by atoms with Crippen LogP contribution in [0, 0.1) is 6.92 Å². The third-order valence-corrected chi connectivity index (χ3v) is 6.75. The van der Waals surface area contributed by atoms with E-state index in [0.29, 0.717) is 16.4 Å². The number of hydrogen-bond acceptors (Lipinski definition) is 5. The summed E-state index contributed by atoms with van der Waals surface area (Å²) in [6, 6.07) is 11.7. The van der Waals surface area contributed by atoms with Crippen LogP contribution < -0.4 is 5.63 Å². The number of thioether (sulfide) groups is 1. The molecule has 0 fully saturated rings. The van der Waals surface area contributed by atoms with Crippen molar-refractivity contribution >= 4 is 34.3 Å². The third kappa shape index (κ3) is 3.47. The van der Waals surface area contributed by atoms with Gasteiger partial charge in [-0.15, -0.1) is 10.2 Å². The Kier molecular flexibility index (Phi) is 4.68. The molecule has 0 amide bonds. The molecule has 0 N–H and O–H groups in total. The topological polar surface area (TPSA) is 60.9 Å². The molecule has 1 aliphatic rings. The molecule has 0 aliphatic heterocycles. The minimum atomic E-state index is -0.321. The van der Waals surface area contributed by atoms with Crippen LogP contribution in [0.15, 0.2) is 57.1 Å². The molecule has 5 rings (SSSR count). The zero-order valence-corrected chi connectivity index (χ0v) is 17.4. The van der Waals surface area contributed by atoms with Crippen molar-refractivity contribution in [1.29, 1.82) is 0 Å². The van der Waals surface area contributed by atoms with Gasteiger partial charge in [0.25, 0.3) is 0 Å². The first-order valence-corrected chi connectivity index (χ1v) is 10.8. The van der Waals surface area contributed by atoms with Crippen LogP contribution in [0.5, 0.6) is 0 Å². The average molecular weight is 424 g/mol. The molecule has 2 heterocycles. The summed E-state index contributed by atoms with van der Waals surface area (Å²) >= 11 is 7.81.